The molecule has 1 amide bonds. The molecule has 0 saturated heterocycles. The second-order valence-electron chi connectivity index (χ2n) is 5.15. The molecule has 0 aliphatic carbocycles. The molecule has 6 nitrogen and oxygen atoms in total. The molecular weight excluding hydrogens is 418 g/mol. The molecule has 0 atom stereocenters. The number of nitrogens with zero attached hydrogens (tertiary/aromatic N) is 2. The van der Waals surface area contributed by atoms with Crippen molar-refractivity contribution in [2.75, 3.05) is 17.7 Å². The van der Waals surface area contributed by atoms with E-state index in [9.17, 15) is 4.79 Å². The molecule has 0 bridgehead atoms. The number of hydrogen-bond donors (Lipinski definition) is 1. The molecule has 3 rings (SSSR count). The topological polar surface area (TPSA) is 77.2 Å². The maximum atomic E-state index is 12.1. The highest BCUT2D eigenvalue weighted by atomic mass is 79.9. The van der Waals surface area contributed by atoms with Crippen LogP contribution in [0.3, 0.4) is 0 Å². The summed E-state index contributed by atoms with van der Waals surface area (Å²) in [4.78, 5) is 12.1. The Morgan fingerprint density at radius 2 is 1.96 bits per heavy atom. The molecule has 0 fully saturated rings. The van der Waals surface area contributed by atoms with Crippen LogP contribution in [0.4, 0.5) is 5.69 Å². The molecule has 26 heavy (non-hydrogen) atoms. The average molecular weight is 434 g/mol. The molecule has 0 unspecified atom stereocenters. The van der Waals surface area contributed by atoms with Crippen molar-refractivity contribution >= 4 is 39.3 Å². The van der Waals surface area contributed by atoms with Crippen LogP contribution < -0.4 is 10.1 Å². The number of ether oxygens (including phenoxy) is 1. The van der Waals surface area contributed by atoms with Crippen LogP contribution in [-0.2, 0) is 4.79 Å². The van der Waals surface area contributed by atoms with Gasteiger partial charge in [0.1, 0.15) is 5.75 Å². The maximum absolute atomic E-state index is 12.1. The van der Waals surface area contributed by atoms with Gasteiger partial charge in [0.25, 0.3) is 5.22 Å². The van der Waals surface area contributed by atoms with Gasteiger partial charge < -0.3 is 14.5 Å². The monoisotopic (exact) mass is 433 g/mol. The van der Waals surface area contributed by atoms with Gasteiger partial charge in [-0.3, -0.25) is 4.79 Å². The third-order valence-electron chi connectivity index (χ3n) is 3.29. The Morgan fingerprint density at radius 3 is 2.69 bits per heavy atom. The number of benzene rings is 2. The quantitative estimate of drug-likeness (QED) is 0.547. The summed E-state index contributed by atoms with van der Waals surface area (Å²) < 4.78 is 11.8. The molecule has 0 aliphatic rings. The first kappa shape index (κ1) is 18.5. The summed E-state index contributed by atoms with van der Waals surface area (Å²) in [6, 6.07) is 14.8. The number of aromatic nitrogens is 2. The van der Waals surface area contributed by atoms with Crippen LogP contribution in [0.15, 0.2) is 62.6 Å². The molecule has 1 aromatic heterocycles. The Bertz CT molecular complexity index is 883. The van der Waals surface area contributed by atoms with Crippen LogP contribution in [0.25, 0.3) is 11.5 Å². The zero-order valence-electron chi connectivity index (χ0n) is 13.9. The summed E-state index contributed by atoms with van der Waals surface area (Å²) in [6.45, 7) is 2.53. The minimum Gasteiger partial charge on any atom is -0.494 e. The van der Waals surface area contributed by atoms with Gasteiger partial charge in [0, 0.05) is 10.2 Å². The number of carbonyl (C=O) groups excluding carboxylic acids is 1. The Balaban J connectivity index is 1.54. The molecule has 2 aromatic carbocycles. The molecule has 0 radical (unpaired) electrons. The van der Waals surface area contributed by atoms with Crippen LogP contribution in [-0.4, -0.2) is 28.5 Å². The van der Waals surface area contributed by atoms with Gasteiger partial charge in [0.2, 0.25) is 11.8 Å². The zero-order valence-corrected chi connectivity index (χ0v) is 16.3. The summed E-state index contributed by atoms with van der Waals surface area (Å²) in [5.41, 5.74) is 1.52. The van der Waals surface area contributed by atoms with Crippen LogP contribution in [0.5, 0.6) is 5.75 Å². The number of halogens is 1. The summed E-state index contributed by atoms with van der Waals surface area (Å²) in [7, 11) is 0. The van der Waals surface area contributed by atoms with Crippen molar-refractivity contribution in [2.45, 2.75) is 12.1 Å². The van der Waals surface area contributed by atoms with Gasteiger partial charge in [-0.2, -0.15) is 0 Å². The standard InChI is InChI=1S/C18H16BrN3O3S/c1-2-24-13-9-7-12(8-10-13)20-16(23)11-26-18-22-21-17(25-18)14-5-3-4-6-15(14)19/h3-10H,2,11H2,1H3,(H,20,23). The molecular formula is C18H16BrN3O3S. The lowest BCUT2D eigenvalue weighted by atomic mass is 10.2. The van der Waals surface area contributed by atoms with Crippen LogP contribution in [0.2, 0.25) is 0 Å². The van der Waals surface area contributed by atoms with E-state index in [1.807, 2.05) is 43.3 Å². The van der Waals surface area contributed by atoms with E-state index in [2.05, 4.69) is 31.4 Å². The van der Waals surface area contributed by atoms with Gasteiger partial charge in [0.15, 0.2) is 0 Å². The molecule has 3 aromatic rings. The van der Waals surface area contributed by atoms with Crippen LogP contribution in [0, 0.1) is 0 Å². The Kier molecular flexibility index (Phi) is 6.30. The van der Waals surface area contributed by atoms with E-state index >= 15 is 0 Å². The normalized spacial score (nSPS) is 10.5. The summed E-state index contributed by atoms with van der Waals surface area (Å²) in [5.74, 6) is 1.20. The zero-order chi connectivity index (χ0) is 18.4. The van der Waals surface area contributed by atoms with Crippen molar-refractivity contribution in [1.29, 1.82) is 0 Å². The van der Waals surface area contributed by atoms with Crippen molar-refractivity contribution < 1.29 is 13.9 Å². The molecule has 0 saturated carbocycles. The maximum Gasteiger partial charge on any atom is 0.277 e. The van der Waals surface area contributed by atoms with Gasteiger partial charge in [-0.05, 0) is 59.3 Å². The Hall–Kier alpha value is -2.32. The lowest BCUT2D eigenvalue weighted by Crippen LogP contribution is -2.13. The van der Waals surface area contributed by atoms with E-state index in [0.717, 1.165) is 15.8 Å². The largest absolute Gasteiger partial charge is 0.494 e. The van der Waals surface area contributed by atoms with E-state index in [4.69, 9.17) is 9.15 Å². The lowest BCUT2D eigenvalue weighted by molar-refractivity contribution is -0.113. The van der Waals surface area contributed by atoms with Gasteiger partial charge in [-0.1, -0.05) is 23.9 Å². The minimum atomic E-state index is -0.153. The number of thioether (sulfide) groups is 1. The fraction of sp³-hybridized carbons (Fsp3) is 0.167. The van der Waals surface area contributed by atoms with Gasteiger partial charge in [0.05, 0.1) is 17.9 Å². The van der Waals surface area contributed by atoms with E-state index in [1.165, 1.54) is 11.8 Å². The van der Waals surface area contributed by atoms with Gasteiger partial charge >= 0.3 is 0 Å². The number of nitrogens with one attached hydrogen (secondary N) is 1. The molecule has 1 N–H and O–H groups in total. The minimum absolute atomic E-state index is 0.153. The van der Waals surface area contributed by atoms with Crippen molar-refractivity contribution in [3.63, 3.8) is 0 Å². The molecule has 0 spiro atoms. The lowest BCUT2D eigenvalue weighted by Gasteiger charge is -2.06. The van der Waals surface area contributed by atoms with E-state index in [-0.39, 0.29) is 11.7 Å². The second kappa shape index (κ2) is 8.86. The third-order valence-corrected chi connectivity index (χ3v) is 4.80. The highest BCUT2D eigenvalue weighted by molar-refractivity contribution is 9.10. The van der Waals surface area contributed by atoms with E-state index in [1.54, 1.807) is 12.1 Å². The highest BCUT2D eigenvalue weighted by Crippen LogP contribution is 2.29. The first-order chi connectivity index (χ1) is 12.7. The highest BCUT2D eigenvalue weighted by Gasteiger charge is 2.13. The number of amides is 1. The van der Waals surface area contributed by atoms with E-state index < -0.39 is 0 Å². The second-order valence-corrected chi connectivity index (χ2v) is 6.93. The Morgan fingerprint density at radius 1 is 1.19 bits per heavy atom. The van der Waals surface area contributed by atoms with Crippen molar-refractivity contribution in [2.24, 2.45) is 0 Å². The molecule has 1 heterocycles. The Labute approximate surface area is 163 Å². The van der Waals surface area contributed by atoms with Gasteiger partial charge in [-0.15, -0.1) is 10.2 Å². The molecule has 134 valence electrons. The number of anilines is 1. The van der Waals surface area contributed by atoms with E-state index in [0.29, 0.717) is 23.4 Å². The fourth-order valence-corrected chi connectivity index (χ4v) is 3.15. The first-order valence-electron chi connectivity index (χ1n) is 7.89. The first-order valence-corrected chi connectivity index (χ1v) is 9.67. The summed E-state index contributed by atoms with van der Waals surface area (Å²) in [6.07, 6.45) is 0. The average Bonchev–Trinajstić information content (AvgIpc) is 3.11. The third kappa shape index (κ3) is 4.86. The predicted octanol–water partition coefficient (Wildman–Crippen LogP) is 4.63. The van der Waals surface area contributed by atoms with Gasteiger partial charge in [-0.25, -0.2) is 0 Å². The number of hydrogen-bond acceptors (Lipinski definition) is 6. The van der Waals surface area contributed by atoms with Crippen LogP contribution >= 0.6 is 27.7 Å². The summed E-state index contributed by atoms with van der Waals surface area (Å²) in [5, 5.41) is 11.2. The predicted molar refractivity (Wildman–Crippen MR) is 104 cm³/mol. The number of rotatable bonds is 7. The fourth-order valence-electron chi connectivity index (χ4n) is 2.14. The SMILES string of the molecule is CCOc1ccc(NC(=O)CSc2nnc(-c3ccccc3Br)o2)cc1. The van der Waals surface area contributed by atoms with Crippen molar-refractivity contribution in [1.82, 2.24) is 10.2 Å². The summed E-state index contributed by atoms with van der Waals surface area (Å²) >= 11 is 4.64. The van der Waals surface area contributed by atoms with Crippen LogP contribution in [0.1, 0.15) is 6.92 Å². The van der Waals surface area contributed by atoms with Crippen molar-refractivity contribution in [3.8, 4) is 17.2 Å². The number of carbonyl (C=O) groups is 1. The molecule has 0 aliphatic heterocycles. The van der Waals surface area contributed by atoms with Crippen molar-refractivity contribution in [3.05, 3.63) is 53.0 Å². The smallest absolute Gasteiger partial charge is 0.277 e. The molecule has 8 heteroatoms.